The van der Waals surface area contributed by atoms with Crippen LogP contribution in [0.1, 0.15) is 29.7 Å². The number of rotatable bonds is 2. The fraction of sp³-hybridized carbons (Fsp3) is 0.500. The highest BCUT2D eigenvalue weighted by Crippen LogP contribution is 2.34. The van der Waals surface area contributed by atoms with Gasteiger partial charge in [0.25, 0.3) is 0 Å². The molecule has 3 nitrogen and oxygen atoms in total. The molecule has 0 saturated heterocycles. The van der Waals surface area contributed by atoms with Crippen molar-refractivity contribution < 1.29 is 9.84 Å². The van der Waals surface area contributed by atoms with Gasteiger partial charge in [-0.15, -0.1) is 0 Å². The maximum absolute atomic E-state index is 9.69. The van der Waals surface area contributed by atoms with Gasteiger partial charge in [0.1, 0.15) is 11.9 Å². The van der Waals surface area contributed by atoms with Gasteiger partial charge in [0, 0.05) is 13.0 Å². The van der Waals surface area contributed by atoms with E-state index in [1.165, 1.54) is 5.56 Å². The van der Waals surface area contributed by atoms with Crippen molar-refractivity contribution in [3.63, 3.8) is 0 Å². The van der Waals surface area contributed by atoms with E-state index in [9.17, 15) is 5.11 Å². The highest BCUT2D eigenvalue weighted by Gasteiger charge is 2.22. The fourth-order valence-corrected chi connectivity index (χ4v) is 2.08. The molecular weight excluding hydrogens is 190 g/mol. The van der Waals surface area contributed by atoms with Crippen LogP contribution in [0.3, 0.4) is 0 Å². The predicted octanol–water partition coefficient (Wildman–Crippen LogP) is 1.31. The molecule has 2 atom stereocenters. The first-order valence-electron chi connectivity index (χ1n) is 5.30. The van der Waals surface area contributed by atoms with E-state index in [0.29, 0.717) is 0 Å². The molecule has 3 heteroatoms. The van der Waals surface area contributed by atoms with E-state index >= 15 is 0 Å². The quantitative estimate of drug-likeness (QED) is 0.768. The van der Waals surface area contributed by atoms with Crippen molar-refractivity contribution in [2.45, 2.75) is 32.5 Å². The van der Waals surface area contributed by atoms with Crippen LogP contribution < -0.4 is 10.5 Å². The molecule has 0 aromatic heterocycles. The second-order valence-corrected chi connectivity index (χ2v) is 4.21. The minimum Gasteiger partial charge on any atom is -0.490 e. The molecule has 82 valence electrons. The molecular formula is C12H17NO2. The summed E-state index contributed by atoms with van der Waals surface area (Å²) in [6, 6.07) is 3.96. The Kier molecular flexibility index (Phi) is 2.67. The van der Waals surface area contributed by atoms with Gasteiger partial charge in [0.15, 0.2) is 0 Å². The molecule has 15 heavy (non-hydrogen) atoms. The molecule has 2 rings (SSSR count). The van der Waals surface area contributed by atoms with Crippen molar-refractivity contribution in [1.82, 2.24) is 0 Å². The molecule has 0 spiro atoms. The smallest absolute Gasteiger partial charge is 0.125 e. The standard InChI is InChI=1S/C12H17NO2/c1-7-3-9(11(14)6-13)5-10-4-8(2)15-12(7)10/h3,5,8,11,14H,4,6,13H2,1-2H3. The van der Waals surface area contributed by atoms with Crippen LogP contribution >= 0.6 is 0 Å². The van der Waals surface area contributed by atoms with Gasteiger partial charge in [-0.25, -0.2) is 0 Å². The van der Waals surface area contributed by atoms with Gasteiger partial charge in [-0.05, 0) is 42.7 Å². The van der Waals surface area contributed by atoms with E-state index < -0.39 is 6.10 Å². The number of aliphatic hydroxyl groups excluding tert-OH is 1. The lowest BCUT2D eigenvalue weighted by Crippen LogP contribution is -2.11. The first-order chi connectivity index (χ1) is 7.11. The molecule has 0 radical (unpaired) electrons. The Morgan fingerprint density at radius 3 is 3.00 bits per heavy atom. The van der Waals surface area contributed by atoms with E-state index in [1.807, 2.05) is 19.1 Å². The first kappa shape index (κ1) is 10.5. The largest absolute Gasteiger partial charge is 0.490 e. The third-order valence-corrected chi connectivity index (χ3v) is 2.81. The molecule has 3 N–H and O–H groups in total. The molecule has 0 aliphatic carbocycles. The summed E-state index contributed by atoms with van der Waals surface area (Å²) in [5.41, 5.74) is 8.61. The van der Waals surface area contributed by atoms with Crippen LogP contribution in [-0.4, -0.2) is 17.8 Å². The molecule has 0 bridgehead atoms. The van der Waals surface area contributed by atoms with Crippen LogP contribution in [0.2, 0.25) is 0 Å². The summed E-state index contributed by atoms with van der Waals surface area (Å²) in [5, 5.41) is 9.69. The van der Waals surface area contributed by atoms with Crippen molar-refractivity contribution in [3.05, 3.63) is 28.8 Å². The Morgan fingerprint density at radius 1 is 1.60 bits per heavy atom. The fourth-order valence-electron chi connectivity index (χ4n) is 2.08. The second kappa shape index (κ2) is 3.83. The lowest BCUT2D eigenvalue weighted by Gasteiger charge is -2.12. The van der Waals surface area contributed by atoms with Crippen molar-refractivity contribution in [2.24, 2.45) is 5.73 Å². The Morgan fingerprint density at radius 2 is 2.33 bits per heavy atom. The van der Waals surface area contributed by atoms with Gasteiger partial charge in [-0.2, -0.15) is 0 Å². The molecule has 0 fully saturated rings. The Hall–Kier alpha value is -1.06. The summed E-state index contributed by atoms with van der Waals surface area (Å²) in [6.07, 6.45) is 0.593. The molecule has 1 aliphatic heterocycles. The number of nitrogens with two attached hydrogens (primary N) is 1. The Bertz CT molecular complexity index is 376. The van der Waals surface area contributed by atoms with Gasteiger partial charge in [-0.3, -0.25) is 0 Å². The first-order valence-corrected chi connectivity index (χ1v) is 5.30. The zero-order valence-electron chi connectivity index (χ0n) is 9.16. The van der Waals surface area contributed by atoms with E-state index in [-0.39, 0.29) is 12.6 Å². The summed E-state index contributed by atoms with van der Waals surface area (Å²) in [4.78, 5) is 0. The molecule has 1 aromatic carbocycles. The number of aryl methyl sites for hydroxylation is 1. The van der Waals surface area contributed by atoms with Crippen molar-refractivity contribution >= 4 is 0 Å². The number of ether oxygens (including phenoxy) is 1. The van der Waals surface area contributed by atoms with Crippen LogP contribution in [0.25, 0.3) is 0 Å². The average Bonchev–Trinajstić information content (AvgIpc) is 2.58. The lowest BCUT2D eigenvalue weighted by molar-refractivity contribution is 0.186. The van der Waals surface area contributed by atoms with Gasteiger partial charge >= 0.3 is 0 Å². The van der Waals surface area contributed by atoms with E-state index in [0.717, 1.165) is 23.3 Å². The zero-order valence-corrected chi connectivity index (χ0v) is 9.16. The Labute approximate surface area is 89.9 Å². The van der Waals surface area contributed by atoms with Crippen molar-refractivity contribution in [1.29, 1.82) is 0 Å². The number of fused-ring (bicyclic) bond motifs is 1. The normalized spacial score (nSPS) is 20.9. The van der Waals surface area contributed by atoms with E-state index in [2.05, 4.69) is 6.92 Å². The maximum atomic E-state index is 9.69. The van der Waals surface area contributed by atoms with Crippen molar-refractivity contribution in [2.75, 3.05) is 6.54 Å². The number of hydrogen-bond donors (Lipinski definition) is 2. The van der Waals surface area contributed by atoms with E-state index in [4.69, 9.17) is 10.5 Å². The molecule has 1 aromatic rings. The molecule has 1 aliphatic rings. The summed E-state index contributed by atoms with van der Waals surface area (Å²) >= 11 is 0. The number of benzene rings is 1. The Balaban J connectivity index is 2.40. The van der Waals surface area contributed by atoms with Crippen LogP contribution in [0.15, 0.2) is 12.1 Å². The van der Waals surface area contributed by atoms with Crippen LogP contribution in [-0.2, 0) is 6.42 Å². The van der Waals surface area contributed by atoms with Crippen LogP contribution in [0.5, 0.6) is 5.75 Å². The lowest BCUT2D eigenvalue weighted by atomic mass is 10.00. The average molecular weight is 207 g/mol. The third-order valence-electron chi connectivity index (χ3n) is 2.81. The topological polar surface area (TPSA) is 55.5 Å². The highest BCUT2D eigenvalue weighted by molar-refractivity contribution is 5.47. The van der Waals surface area contributed by atoms with Crippen LogP contribution in [0.4, 0.5) is 0 Å². The van der Waals surface area contributed by atoms with Crippen LogP contribution in [0, 0.1) is 6.92 Å². The van der Waals surface area contributed by atoms with Gasteiger partial charge in [0.2, 0.25) is 0 Å². The molecule has 2 unspecified atom stereocenters. The monoisotopic (exact) mass is 207 g/mol. The number of aliphatic hydroxyl groups is 1. The van der Waals surface area contributed by atoms with E-state index in [1.54, 1.807) is 0 Å². The minimum atomic E-state index is -0.565. The third kappa shape index (κ3) is 1.85. The molecule has 1 heterocycles. The highest BCUT2D eigenvalue weighted by atomic mass is 16.5. The molecule has 0 saturated carbocycles. The zero-order chi connectivity index (χ0) is 11.0. The van der Waals surface area contributed by atoms with Gasteiger partial charge < -0.3 is 15.6 Å². The summed E-state index contributed by atoms with van der Waals surface area (Å²) in [5.74, 6) is 0.982. The minimum absolute atomic E-state index is 0.240. The summed E-state index contributed by atoms with van der Waals surface area (Å²) < 4.78 is 5.69. The van der Waals surface area contributed by atoms with Gasteiger partial charge in [0.05, 0.1) is 6.10 Å². The SMILES string of the molecule is Cc1cc(C(O)CN)cc2c1OC(C)C2. The second-order valence-electron chi connectivity index (χ2n) is 4.21. The maximum Gasteiger partial charge on any atom is 0.125 e. The predicted molar refractivity (Wildman–Crippen MR) is 59.0 cm³/mol. The summed E-state index contributed by atoms with van der Waals surface area (Å²) in [7, 11) is 0. The van der Waals surface area contributed by atoms with Gasteiger partial charge in [-0.1, -0.05) is 0 Å². The molecule has 0 amide bonds. The summed E-state index contributed by atoms with van der Waals surface area (Å²) in [6.45, 7) is 4.32. The van der Waals surface area contributed by atoms with Crippen molar-refractivity contribution in [3.8, 4) is 5.75 Å². The number of hydrogen-bond acceptors (Lipinski definition) is 3.